The van der Waals surface area contributed by atoms with E-state index in [0.717, 1.165) is 50.4 Å². The maximum Gasteiger partial charge on any atom is 0.255 e. The zero-order valence-corrected chi connectivity index (χ0v) is 22.7. The van der Waals surface area contributed by atoms with Crippen molar-refractivity contribution in [1.82, 2.24) is 15.1 Å². The molecule has 1 unspecified atom stereocenters. The number of nitrogens with zero attached hydrogens (tertiary/aromatic N) is 2. The quantitative estimate of drug-likeness (QED) is 0.367. The van der Waals surface area contributed by atoms with Crippen molar-refractivity contribution in [3.8, 4) is 5.75 Å². The fraction of sp³-hybridized carbons (Fsp3) is 0.481. The van der Waals surface area contributed by atoms with Gasteiger partial charge in [-0.15, -0.1) is 11.3 Å². The van der Waals surface area contributed by atoms with E-state index in [-0.39, 0.29) is 17.9 Å². The highest BCUT2D eigenvalue weighted by Crippen LogP contribution is 2.29. The third-order valence-corrected chi connectivity index (χ3v) is 7.90. The van der Waals surface area contributed by atoms with E-state index in [9.17, 15) is 9.59 Å². The van der Waals surface area contributed by atoms with Crippen molar-refractivity contribution < 1.29 is 19.1 Å². The van der Waals surface area contributed by atoms with Gasteiger partial charge in [-0.3, -0.25) is 14.5 Å². The van der Waals surface area contributed by atoms with Gasteiger partial charge in [0.15, 0.2) is 0 Å². The van der Waals surface area contributed by atoms with Crippen molar-refractivity contribution in [2.75, 3.05) is 58.2 Å². The van der Waals surface area contributed by atoms with Crippen LogP contribution in [0.5, 0.6) is 5.75 Å². The molecule has 0 spiro atoms. The van der Waals surface area contributed by atoms with Crippen LogP contribution in [0, 0.1) is 5.92 Å². The van der Waals surface area contributed by atoms with Crippen LogP contribution in [0.3, 0.4) is 0 Å². The predicted molar refractivity (Wildman–Crippen MR) is 148 cm³/mol. The number of rotatable bonds is 9. The maximum atomic E-state index is 12.8. The molecular formula is C27H35ClN4O4S. The molecule has 2 amide bonds. The van der Waals surface area contributed by atoms with Crippen LogP contribution in [0.2, 0.25) is 5.02 Å². The van der Waals surface area contributed by atoms with Crippen LogP contribution >= 0.6 is 22.9 Å². The summed E-state index contributed by atoms with van der Waals surface area (Å²) in [6.45, 7) is 7.46. The molecule has 0 aliphatic carbocycles. The monoisotopic (exact) mass is 546 g/mol. The number of anilines is 1. The van der Waals surface area contributed by atoms with E-state index < -0.39 is 0 Å². The van der Waals surface area contributed by atoms with Crippen LogP contribution in [0.4, 0.5) is 5.69 Å². The Morgan fingerprint density at radius 3 is 2.84 bits per heavy atom. The molecule has 3 heterocycles. The molecule has 2 saturated heterocycles. The van der Waals surface area contributed by atoms with Gasteiger partial charge in [-0.25, -0.2) is 0 Å². The molecule has 2 aliphatic rings. The number of ether oxygens (including phenoxy) is 2. The predicted octanol–water partition coefficient (Wildman–Crippen LogP) is 3.77. The highest BCUT2D eigenvalue weighted by Gasteiger charge is 2.27. The van der Waals surface area contributed by atoms with Crippen molar-refractivity contribution in [2.24, 2.45) is 5.92 Å². The molecule has 0 bridgehead atoms. The molecule has 1 aromatic carbocycles. The SMILES string of the molecule is CCOc1cc(N)c(Cl)cc1C(=O)NCC1CN(CC2CCN(C(=O)/C=C/c3cccs3)CC2)CCO1. The Kier molecular flexibility index (Phi) is 9.85. The molecule has 2 aromatic rings. The summed E-state index contributed by atoms with van der Waals surface area (Å²) >= 11 is 7.76. The van der Waals surface area contributed by atoms with E-state index in [1.54, 1.807) is 29.5 Å². The Morgan fingerprint density at radius 2 is 2.11 bits per heavy atom. The summed E-state index contributed by atoms with van der Waals surface area (Å²) in [5, 5.41) is 5.29. The number of hydrogen-bond acceptors (Lipinski definition) is 7. The first-order valence-electron chi connectivity index (χ1n) is 12.8. The lowest BCUT2D eigenvalue weighted by atomic mass is 9.95. The number of thiophene rings is 1. The lowest BCUT2D eigenvalue weighted by Gasteiger charge is -2.38. The molecule has 8 nitrogen and oxygen atoms in total. The summed E-state index contributed by atoms with van der Waals surface area (Å²) in [6, 6.07) is 7.12. The standard InChI is InChI=1S/C27H35ClN4O4S/c1-2-35-25-15-24(29)23(28)14-22(25)27(34)30-16-20-18-31(11-12-36-20)17-19-7-9-32(10-8-19)26(33)6-5-21-4-3-13-37-21/h3-6,13-15,19-20H,2,7-12,16-18,29H2,1H3,(H,30,34)/b6-5+. The smallest absolute Gasteiger partial charge is 0.255 e. The average molecular weight is 547 g/mol. The minimum atomic E-state index is -0.267. The van der Waals surface area contributed by atoms with Gasteiger partial charge in [0.25, 0.3) is 5.91 Å². The van der Waals surface area contributed by atoms with Gasteiger partial charge in [0.2, 0.25) is 5.91 Å². The molecule has 0 saturated carbocycles. The first-order valence-corrected chi connectivity index (χ1v) is 14.0. The van der Waals surface area contributed by atoms with Gasteiger partial charge in [0.1, 0.15) is 5.75 Å². The fourth-order valence-electron chi connectivity index (χ4n) is 4.74. The van der Waals surface area contributed by atoms with Gasteiger partial charge in [-0.2, -0.15) is 0 Å². The number of nitrogens with two attached hydrogens (primary N) is 1. The van der Waals surface area contributed by atoms with E-state index in [1.165, 1.54) is 0 Å². The molecule has 4 rings (SSSR count). The number of morpholine rings is 1. The maximum absolute atomic E-state index is 12.8. The summed E-state index contributed by atoms with van der Waals surface area (Å²) in [6.07, 6.45) is 5.47. The van der Waals surface area contributed by atoms with Crippen molar-refractivity contribution in [2.45, 2.75) is 25.9 Å². The number of amides is 2. The number of likely N-dealkylation sites (tertiary alicyclic amines) is 1. The zero-order chi connectivity index (χ0) is 26.2. The molecule has 37 heavy (non-hydrogen) atoms. The summed E-state index contributed by atoms with van der Waals surface area (Å²) in [7, 11) is 0. The van der Waals surface area contributed by atoms with Crippen LogP contribution < -0.4 is 15.8 Å². The summed E-state index contributed by atoms with van der Waals surface area (Å²) in [4.78, 5) is 30.8. The second-order valence-electron chi connectivity index (χ2n) is 9.38. The first kappa shape index (κ1) is 27.4. The van der Waals surface area contributed by atoms with Crippen molar-refractivity contribution >= 4 is 46.5 Å². The van der Waals surface area contributed by atoms with E-state index >= 15 is 0 Å². The number of nitrogens with one attached hydrogen (secondary N) is 1. The average Bonchev–Trinajstić information content (AvgIpc) is 3.42. The van der Waals surface area contributed by atoms with Crippen LogP contribution in [0.1, 0.15) is 35.0 Å². The molecule has 3 N–H and O–H groups in total. The highest BCUT2D eigenvalue weighted by molar-refractivity contribution is 7.10. The second-order valence-corrected chi connectivity index (χ2v) is 10.8. The van der Waals surface area contributed by atoms with Crippen molar-refractivity contribution in [1.29, 1.82) is 0 Å². The molecule has 200 valence electrons. The van der Waals surface area contributed by atoms with Crippen LogP contribution in [-0.2, 0) is 9.53 Å². The summed E-state index contributed by atoms with van der Waals surface area (Å²) < 4.78 is 11.5. The molecule has 10 heteroatoms. The molecule has 2 aliphatic heterocycles. The number of halogens is 1. The molecule has 1 aromatic heterocycles. The van der Waals surface area contributed by atoms with Crippen molar-refractivity contribution in [3.05, 3.63) is 51.2 Å². The Labute approximate surface area is 227 Å². The Bertz CT molecular complexity index is 1090. The number of carbonyl (C=O) groups excluding carboxylic acids is 2. The molecule has 0 radical (unpaired) electrons. The van der Waals surface area contributed by atoms with Crippen LogP contribution in [0.15, 0.2) is 35.7 Å². The van der Waals surface area contributed by atoms with Gasteiger partial charge in [-0.1, -0.05) is 17.7 Å². The van der Waals surface area contributed by atoms with Crippen LogP contribution in [0.25, 0.3) is 6.08 Å². The van der Waals surface area contributed by atoms with Crippen LogP contribution in [-0.4, -0.2) is 80.2 Å². The number of piperidine rings is 1. The van der Waals surface area contributed by atoms with E-state index in [2.05, 4.69) is 10.2 Å². The topological polar surface area (TPSA) is 97.1 Å². The lowest BCUT2D eigenvalue weighted by Crippen LogP contribution is -2.49. The molecular weight excluding hydrogens is 512 g/mol. The van der Waals surface area contributed by atoms with E-state index in [4.69, 9.17) is 26.8 Å². The van der Waals surface area contributed by atoms with Gasteiger partial charge in [0, 0.05) is 56.3 Å². The Hall–Kier alpha value is -2.59. The van der Waals surface area contributed by atoms with Gasteiger partial charge >= 0.3 is 0 Å². The lowest BCUT2D eigenvalue weighted by molar-refractivity contribution is -0.127. The van der Waals surface area contributed by atoms with Gasteiger partial charge in [-0.05, 0) is 49.3 Å². The second kappa shape index (κ2) is 13.3. The zero-order valence-electron chi connectivity index (χ0n) is 21.2. The Morgan fingerprint density at radius 1 is 1.30 bits per heavy atom. The van der Waals surface area contributed by atoms with E-state index in [1.807, 2.05) is 35.4 Å². The Balaban J connectivity index is 1.21. The molecule has 2 fully saturated rings. The minimum Gasteiger partial charge on any atom is -0.493 e. The van der Waals surface area contributed by atoms with Gasteiger partial charge in [0.05, 0.1) is 35.6 Å². The number of hydrogen-bond donors (Lipinski definition) is 2. The largest absolute Gasteiger partial charge is 0.493 e. The summed E-state index contributed by atoms with van der Waals surface area (Å²) in [5.74, 6) is 0.782. The third kappa shape index (κ3) is 7.70. The highest BCUT2D eigenvalue weighted by atomic mass is 35.5. The number of carbonyl (C=O) groups is 2. The van der Waals surface area contributed by atoms with E-state index in [0.29, 0.717) is 47.7 Å². The summed E-state index contributed by atoms with van der Waals surface area (Å²) in [5.41, 5.74) is 6.60. The first-order chi connectivity index (χ1) is 17.9. The third-order valence-electron chi connectivity index (χ3n) is 6.73. The van der Waals surface area contributed by atoms with Crippen molar-refractivity contribution in [3.63, 3.8) is 0 Å². The fourth-order valence-corrected chi connectivity index (χ4v) is 5.52. The normalized spacial score (nSPS) is 19.3. The number of benzene rings is 1. The molecule has 1 atom stereocenters. The minimum absolute atomic E-state index is 0.0870. The van der Waals surface area contributed by atoms with Gasteiger partial charge < -0.3 is 25.4 Å². The number of nitrogen functional groups attached to an aromatic ring is 1.